The summed E-state index contributed by atoms with van der Waals surface area (Å²) in [4.78, 5) is 12.7. The Labute approximate surface area is 159 Å². The molecule has 2 aromatic carbocycles. The van der Waals surface area contributed by atoms with Crippen LogP contribution in [0.1, 0.15) is 51.5 Å². The van der Waals surface area contributed by atoms with Crippen LogP contribution in [0.2, 0.25) is 0 Å². The van der Waals surface area contributed by atoms with Gasteiger partial charge in [-0.05, 0) is 56.5 Å². The van der Waals surface area contributed by atoms with Crippen LogP contribution in [-0.4, -0.2) is 11.1 Å². The number of amides is 1. The van der Waals surface area contributed by atoms with Gasteiger partial charge in [-0.2, -0.15) is 0 Å². The summed E-state index contributed by atoms with van der Waals surface area (Å²) in [6.45, 7) is 7.99. The Bertz CT molecular complexity index is 912. The normalized spacial score (nSPS) is 11.9. The second kappa shape index (κ2) is 8.08. The van der Waals surface area contributed by atoms with E-state index in [-0.39, 0.29) is 24.2 Å². The van der Waals surface area contributed by atoms with E-state index in [0.717, 1.165) is 22.4 Å². The monoisotopic (exact) mass is 364 g/mol. The summed E-state index contributed by atoms with van der Waals surface area (Å²) in [6, 6.07) is 15.7. The molecule has 0 saturated carbocycles. The van der Waals surface area contributed by atoms with Gasteiger partial charge in [0.25, 0.3) is 5.91 Å². The fourth-order valence-corrected chi connectivity index (χ4v) is 3.00. The zero-order chi connectivity index (χ0) is 19.4. The zero-order valence-electron chi connectivity index (χ0n) is 16.1. The van der Waals surface area contributed by atoms with Gasteiger partial charge in [0.2, 0.25) is 0 Å². The number of aromatic nitrogens is 1. The third-order valence-corrected chi connectivity index (χ3v) is 4.43. The zero-order valence-corrected chi connectivity index (χ0v) is 16.1. The predicted molar refractivity (Wildman–Crippen MR) is 104 cm³/mol. The van der Waals surface area contributed by atoms with E-state index in [9.17, 15) is 4.79 Å². The van der Waals surface area contributed by atoms with Crippen LogP contribution in [0, 0.1) is 20.8 Å². The van der Waals surface area contributed by atoms with Crippen molar-refractivity contribution in [3.63, 3.8) is 0 Å². The highest BCUT2D eigenvalue weighted by Crippen LogP contribution is 2.21. The van der Waals surface area contributed by atoms with Crippen molar-refractivity contribution in [3.05, 3.63) is 82.2 Å². The molecule has 0 radical (unpaired) electrons. The van der Waals surface area contributed by atoms with E-state index in [0.29, 0.717) is 11.3 Å². The van der Waals surface area contributed by atoms with E-state index < -0.39 is 0 Å². The fourth-order valence-electron chi connectivity index (χ4n) is 3.00. The van der Waals surface area contributed by atoms with Crippen LogP contribution in [0.5, 0.6) is 5.75 Å². The molecular weight excluding hydrogens is 340 g/mol. The number of nitrogens with one attached hydrogen (secondary N) is 1. The number of ether oxygens (including phenoxy) is 1. The average Bonchev–Trinajstić information content (AvgIpc) is 3.00. The number of hydrogen-bond acceptors (Lipinski definition) is 4. The van der Waals surface area contributed by atoms with E-state index in [2.05, 4.69) is 16.5 Å². The Kier molecular flexibility index (Phi) is 5.60. The van der Waals surface area contributed by atoms with Crippen molar-refractivity contribution in [2.24, 2.45) is 0 Å². The highest BCUT2D eigenvalue weighted by atomic mass is 16.5. The number of hydrogen-bond donors (Lipinski definition) is 1. The van der Waals surface area contributed by atoms with Gasteiger partial charge in [-0.1, -0.05) is 41.6 Å². The Morgan fingerprint density at radius 2 is 1.78 bits per heavy atom. The molecule has 0 spiro atoms. The topological polar surface area (TPSA) is 64.4 Å². The van der Waals surface area contributed by atoms with Crippen molar-refractivity contribution in [3.8, 4) is 5.75 Å². The van der Waals surface area contributed by atoms with Gasteiger partial charge < -0.3 is 14.6 Å². The van der Waals surface area contributed by atoms with Crippen molar-refractivity contribution >= 4 is 5.91 Å². The van der Waals surface area contributed by atoms with Crippen molar-refractivity contribution < 1.29 is 14.1 Å². The molecule has 0 aliphatic carbocycles. The Morgan fingerprint density at radius 3 is 2.44 bits per heavy atom. The Morgan fingerprint density at radius 1 is 1.11 bits per heavy atom. The summed E-state index contributed by atoms with van der Waals surface area (Å²) >= 11 is 0. The van der Waals surface area contributed by atoms with Crippen LogP contribution in [-0.2, 0) is 6.61 Å². The van der Waals surface area contributed by atoms with Crippen LogP contribution >= 0.6 is 0 Å². The first-order valence-electron chi connectivity index (χ1n) is 8.96. The van der Waals surface area contributed by atoms with Crippen LogP contribution in [0.4, 0.5) is 0 Å². The smallest absolute Gasteiger partial charge is 0.274 e. The predicted octanol–water partition coefficient (Wildman–Crippen LogP) is 4.67. The fraction of sp³-hybridized carbons (Fsp3) is 0.273. The molecule has 1 N–H and O–H groups in total. The number of carbonyl (C=O) groups excluding carboxylic acids is 1. The number of nitrogens with zero attached hydrogens (tertiary/aromatic N) is 1. The van der Waals surface area contributed by atoms with Gasteiger partial charge in [-0.25, -0.2) is 0 Å². The van der Waals surface area contributed by atoms with Gasteiger partial charge in [0, 0.05) is 0 Å². The first-order chi connectivity index (χ1) is 12.9. The first kappa shape index (κ1) is 18.7. The molecule has 140 valence electrons. The van der Waals surface area contributed by atoms with Crippen molar-refractivity contribution in [1.82, 2.24) is 10.5 Å². The molecule has 1 unspecified atom stereocenters. The molecule has 1 aromatic heterocycles. The number of rotatable bonds is 6. The Balaban J connectivity index is 1.72. The number of benzene rings is 2. The molecule has 1 heterocycles. The molecule has 1 atom stereocenters. The molecule has 1 amide bonds. The molecule has 3 rings (SSSR count). The summed E-state index contributed by atoms with van der Waals surface area (Å²) in [5.41, 5.74) is 4.20. The lowest BCUT2D eigenvalue weighted by atomic mass is 10.1. The number of carbonyl (C=O) groups is 1. The molecule has 27 heavy (non-hydrogen) atoms. The SMILES string of the molecule is Cc1cc(C)cc(OCc2c(C(=O)NC(C)c3ccccc3)noc2C)c1. The lowest BCUT2D eigenvalue weighted by Crippen LogP contribution is -2.28. The van der Waals surface area contributed by atoms with Gasteiger partial charge >= 0.3 is 0 Å². The van der Waals surface area contributed by atoms with Crippen LogP contribution in [0.25, 0.3) is 0 Å². The third-order valence-electron chi connectivity index (χ3n) is 4.43. The molecule has 0 aliphatic heterocycles. The van der Waals surface area contributed by atoms with E-state index in [1.165, 1.54) is 0 Å². The quantitative estimate of drug-likeness (QED) is 0.690. The second-order valence-electron chi connectivity index (χ2n) is 6.78. The second-order valence-corrected chi connectivity index (χ2v) is 6.78. The average molecular weight is 364 g/mol. The minimum Gasteiger partial charge on any atom is -0.489 e. The summed E-state index contributed by atoms with van der Waals surface area (Å²) in [5.74, 6) is 1.07. The summed E-state index contributed by atoms with van der Waals surface area (Å²) < 4.78 is 11.1. The van der Waals surface area contributed by atoms with Crippen LogP contribution in [0.3, 0.4) is 0 Å². The lowest BCUT2D eigenvalue weighted by molar-refractivity contribution is 0.0928. The minimum atomic E-state index is -0.276. The van der Waals surface area contributed by atoms with Crippen molar-refractivity contribution in [2.45, 2.75) is 40.3 Å². The minimum absolute atomic E-state index is 0.135. The maximum Gasteiger partial charge on any atom is 0.274 e. The lowest BCUT2D eigenvalue weighted by Gasteiger charge is -2.14. The van der Waals surface area contributed by atoms with Gasteiger partial charge in [0.15, 0.2) is 5.69 Å². The molecular formula is C22H24N2O3. The van der Waals surface area contributed by atoms with Gasteiger partial charge in [-0.3, -0.25) is 4.79 Å². The van der Waals surface area contributed by atoms with E-state index >= 15 is 0 Å². The van der Waals surface area contributed by atoms with Gasteiger partial charge in [0.1, 0.15) is 18.1 Å². The van der Waals surface area contributed by atoms with Crippen LogP contribution in [0.15, 0.2) is 53.1 Å². The summed E-state index contributed by atoms with van der Waals surface area (Å²) in [7, 11) is 0. The molecule has 0 bridgehead atoms. The first-order valence-corrected chi connectivity index (χ1v) is 8.96. The van der Waals surface area contributed by atoms with Crippen molar-refractivity contribution in [1.29, 1.82) is 0 Å². The summed E-state index contributed by atoms with van der Waals surface area (Å²) in [6.07, 6.45) is 0. The van der Waals surface area contributed by atoms with E-state index in [1.807, 2.05) is 63.2 Å². The standard InChI is InChI=1S/C22H24N2O3/c1-14-10-15(2)12-19(11-14)26-13-20-17(4)27-24-21(20)22(25)23-16(3)18-8-6-5-7-9-18/h5-12,16H,13H2,1-4H3,(H,23,25). The third kappa shape index (κ3) is 4.56. The number of aryl methyl sites for hydroxylation is 3. The molecule has 5 nitrogen and oxygen atoms in total. The van der Waals surface area contributed by atoms with Gasteiger partial charge in [0.05, 0.1) is 11.6 Å². The molecule has 0 fully saturated rings. The Hall–Kier alpha value is -3.08. The largest absolute Gasteiger partial charge is 0.489 e. The highest BCUT2D eigenvalue weighted by Gasteiger charge is 2.22. The molecule has 5 heteroatoms. The maximum absolute atomic E-state index is 12.7. The van der Waals surface area contributed by atoms with E-state index in [1.54, 1.807) is 6.92 Å². The van der Waals surface area contributed by atoms with E-state index in [4.69, 9.17) is 9.26 Å². The molecule has 0 aliphatic rings. The maximum atomic E-state index is 12.7. The summed E-state index contributed by atoms with van der Waals surface area (Å²) in [5, 5.41) is 6.91. The molecule has 3 aromatic rings. The van der Waals surface area contributed by atoms with Crippen molar-refractivity contribution in [2.75, 3.05) is 0 Å². The molecule has 0 saturated heterocycles. The highest BCUT2D eigenvalue weighted by molar-refractivity contribution is 5.94. The van der Waals surface area contributed by atoms with Gasteiger partial charge in [-0.15, -0.1) is 0 Å². The van der Waals surface area contributed by atoms with Crippen LogP contribution < -0.4 is 10.1 Å².